The lowest BCUT2D eigenvalue weighted by atomic mass is 9.74. The van der Waals surface area contributed by atoms with Crippen molar-refractivity contribution in [3.8, 4) is 37.0 Å². The zero-order chi connectivity index (χ0) is 69.9. The third kappa shape index (κ3) is 12.9. The number of ether oxygens (including phenoxy) is 2. The molecule has 5 N–H and O–H groups in total. The number of amides is 4. The van der Waals surface area contributed by atoms with Crippen LogP contribution in [0.25, 0.3) is 0 Å². The Bertz CT molecular complexity index is 4590. The summed E-state index contributed by atoms with van der Waals surface area (Å²) in [5, 5.41) is 25.5. The van der Waals surface area contributed by atoms with Gasteiger partial charge in [-0.1, -0.05) is 48.1 Å². The number of cyclic esters (lactones) is 4. The number of fused-ring (bicyclic) bond motifs is 4. The van der Waals surface area contributed by atoms with Crippen LogP contribution >= 0.6 is 0 Å². The summed E-state index contributed by atoms with van der Waals surface area (Å²) in [6.07, 6.45) is 6.36. The largest absolute Gasteiger partial charge is 0.481 e. The molecular formula is C67H39F6N3O18. The number of imide groups is 2. The quantitative estimate of drug-likeness (QED) is 0.0275. The van der Waals surface area contributed by atoms with Crippen LogP contribution in [-0.4, -0.2) is 99.2 Å². The lowest BCUT2D eigenvalue weighted by molar-refractivity contribution is -0.192. The van der Waals surface area contributed by atoms with E-state index >= 15 is 13.2 Å². The van der Waals surface area contributed by atoms with E-state index in [0.29, 0.717) is 21.7 Å². The average molecular weight is 1290 g/mol. The van der Waals surface area contributed by atoms with Crippen LogP contribution in [-0.2, 0) is 34.7 Å². The first-order valence-corrected chi connectivity index (χ1v) is 26.3. The number of terminal acetylenes is 3. The molecule has 4 aliphatic rings. The highest BCUT2D eigenvalue weighted by Crippen LogP contribution is 2.50. The number of aromatic carboxylic acids is 2. The number of anilines is 3. The molecule has 94 heavy (non-hydrogen) atoms. The Morgan fingerprint density at radius 1 is 0.436 bits per heavy atom. The molecule has 7 aromatic rings. The van der Waals surface area contributed by atoms with E-state index in [-0.39, 0.29) is 89.9 Å². The second-order valence-electron chi connectivity index (χ2n) is 20.3. The Hall–Kier alpha value is -13.1. The molecule has 1 atom stereocenters. The summed E-state index contributed by atoms with van der Waals surface area (Å²) in [6.45, 7) is 2.82. The average Bonchev–Trinajstić information content (AvgIpc) is 1.38. The fraction of sp³-hybridized carbons (Fsp3) is 0.104. The van der Waals surface area contributed by atoms with Crippen molar-refractivity contribution in [3.05, 3.63) is 228 Å². The molecular weight excluding hydrogens is 1250 g/mol. The van der Waals surface area contributed by atoms with Crippen molar-refractivity contribution in [2.45, 2.75) is 44.0 Å². The van der Waals surface area contributed by atoms with E-state index in [4.69, 9.17) is 49.6 Å². The molecule has 0 aliphatic carbocycles. The number of nitrogen functional groups attached to an aromatic ring is 1. The maximum atomic E-state index is 15.1. The third-order valence-corrected chi connectivity index (χ3v) is 14.7. The minimum atomic E-state index is -5.00. The van der Waals surface area contributed by atoms with Gasteiger partial charge in [-0.05, 0) is 139 Å². The molecule has 21 nitrogen and oxygen atoms in total. The van der Waals surface area contributed by atoms with Gasteiger partial charge in [0.2, 0.25) is 0 Å². The second kappa shape index (κ2) is 26.2. The summed E-state index contributed by atoms with van der Waals surface area (Å²) in [7, 11) is 0. The molecule has 0 spiro atoms. The van der Waals surface area contributed by atoms with Crippen LogP contribution < -0.4 is 15.5 Å². The van der Waals surface area contributed by atoms with Gasteiger partial charge in [-0.3, -0.25) is 24.0 Å². The number of hydrogen-bond donors (Lipinski definition) is 4. The molecule has 27 heteroatoms. The van der Waals surface area contributed by atoms with Gasteiger partial charge in [0.05, 0.1) is 67.0 Å². The Kier molecular flexibility index (Phi) is 19.1. The fourth-order valence-corrected chi connectivity index (χ4v) is 9.89. The van der Waals surface area contributed by atoms with Crippen LogP contribution in [0.2, 0.25) is 0 Å². The van der Waals surface area contributed by atoms with Crippen LogP contribution in [0, 0.1) is 37.0 Å². The van der Waals surface area contributed by atoms with Crippen molar-refractivity contribution in [1.82, 2.24) is 0 Å². The van der Waals surface area contributed by atoms with E-state index in [9.17, 15) is 66.2 Å². The smallest absolute Gasteiger partial charge is 0.402 e. The van der Waals surface area contributed by atoms with E-state index in [1.54, 1.807) is 12.1 Å². The van der Waals surface area contributed by atoms with Crippen LogP contribution in [0.5, 0.6) is 0 Å². The number of carboxylic acid groups (broad SMARTS) is 3. The van der Waals surface area contributed by atoms with Crippen molar-refractivity contribution in [1.29, 1.82) is 0 Å². The lowest BCUT2D eigenvalue weighted by Crippen LogP contribution is -2.41. The summed E-state index contributed by atoms with van der Waals surface area (Å²) in [5.74, 6) is -3.64. The normalized spacial score (nSPS) is 13.9. The second-order valence-corrected chi connectivity index (χ2v) is 20.3. The predicted octanol–water partition coefficient (Wildman–Crippen LogP) is 9.45. The Morgan fingerprint density at radius 2 is 0.755 bits per heavy atom. The highest BCUT2D eigenvalue weighted by Gasteiger charge is 2.56. The van der Waals surface area contributed by atoms with Crippen LogP contribution in [0.15, 0.2) is 133 Å². The number of carboxylic acids is 3. The highest BCUT2D eigenvalue weighted by molar-refractivity contribution is 6.35. The molecule has 7 aromatic carbocycles. The summed E-state index contributed by atoms with van der Waals surface area (Å²) < 4.78 is 96.6. The number of hydrogen-bond acceptors (Lipinski definition) is 16. The first-order valence-electron chi connectivity index (χ1n) is 26.3. The number of halogens is 6. The molecule has 1 unspecified atom stereocenters. The number of benzene rings is 7. The van der Waals surface area contributed by atoms with Crippen molar-refractivity contribution in [2.24, 2.45) is 0 Å². The summed E-state index contributed by atoms with van der Waals surface area (Å²) in [6, 6.07) is 26.3. The van der Waals surface area contributed by atoms with Crippen molar-refractivity contribution in [2.75, 3.05) is 15.5 Å². The lowest BCUT2D eigenvalue weighted by Gasteiger charge is -2.33. The zero-order valence-electron chi connectivity index (χ0n) is 48.1. The van der Waals surface area contributed by atoms with Gasteiger partial charge in [0.15, 0.2) is 0 Å². The number of nitrogens with two attached hydrogens (primary N) is 1. The van der Waals surface area contributed by atoms with Gasteiger partial charge in [0.1, 0.15) is 10.8 Å². The molecule has 0 bridgehead atoms. The molecule has 0 radical (unpaired) electrons. The van der Waals surface area contributed by atoms with Gasteiger partial charge in [0, 0.05) is 29.3 Å². The molecule has 4 heterocycles. The monoisotopic (exact) mass is 1290 g/mol. The minimum Gasteiger partial charge on any atom is -0.481 e. The number of esters is 4. The molecule has 4 amide bonds. The Labute approximate surface area is 524 Å². The Balaban J connectivity index is 0.000000222. The third-order valence-electron chi connectivity index (χ3n) is 14.7. The topological polar surface area (TPSA) is 334 Å². The maximum absolute atomic E-state index is 15.1. The predicted molar refractivity (Wildman–Crippen MR) is 312 cm³/mol. The summed E-state index contributed by atoms with van der Waals surface area (Å²) in [5.41, 5.74) is -2.14. The zero-order valence-corrected chi connectivity index (χ0v) is 48.1. The van der Waals surface area contributed by atoms with Crippen LogP contribution in [0.4, 0.5) is 43.4 Å². The Morgan fingerprint density at radius 3 is 1.13 bits per heavy atom. The first kappa shape index (κ1) is 68.4. The molecule has 11 rings (SSSR count). The number of carbonyl (C=O) groups is 11. The molecule has 4 aliphatic heterocycles. The van der Waals surface area contributed by atoms with Crippen LogP contribution in [0.1, 0.15) is 163 Å². The summed E-state index contributed by atoms with van der Waals surface area (Å²) in [4.78, 5) is 149. The molecule has 472 valence electrons. The van der Waals surface area contributed by atoms with Gasteiger partial charge in [0.25, 0.3) is 29.6 Å². The van der Waals surface area contributed by atoms with E-state index in [0.717, 1.165) is 105 Å². The number of carbonyl (C=O) groups excluding carboxylic acids is 10. The molecule has 0 fully saturated rings. The SMILES string of the molecule is C#Cc1cc(N)cc(C(=O)O)c1.C#Cc1cccc(N2C(=O)c3ccc(C(C)(c4ccc5c(c4)C(=O)N(c4cc(C#C)cc(C(=O)O)c4)C5=O)C(F)(F)F)cc3C2=O)c1.CC(=O)O.CC(c1ccc2c(c1)C(=O)OC2=O)(c1ccc2c(c1)C(=O)OC2=O)C(F)(F)F.O=C=O. The van der Waals surface area contributed by atoms with Crippen molar-refractivity contribution < 1.29 is 113 Å². The molecule has 0 saturated heterocycles. The standard InChI is InChI=1S/C36H19F3N2O6.C19H9F3O6.C9H7NO2.C2H4O2.CO2/c1-4-19-7-6-8-24(14-19)40-30(42)26-11-9-22(17-28(26)32(40)44)35(3,36(37,38)39)23-10-12-27-29(18-23)33(45)41(31(27)43)25-15-20(5-2)13-21(16-25)34(46)47;1-18(19(20,21)22,8-2-4-10-12(6-8)16(25)27-14(10)23)9-3-5-11-13(7-9)17(26)28-15(11)24;1-2-6-3-7(9(11)12)5-8(10)4-6;1-2(3)4;2-1-3/h1-2,6-18H,3H3,(H,46,47);2-7H,1H3;1,3-5H,10H2,(H,11,12);1H3,(H,3,4);. The maximum Gasteiger partial charge on any atom is 0.402 e. The van der Waals surface area contributed by atoms with Gasteiger partial charge in [-0.2, -0.15) is 35.9 Å². The van der Waals surface area contributed by atoms with E-state index in [1.165, 1.54) is 42.5 Å². The fourth-order valence-electron chi connectivity index (χ4n) is 9.89. The summed E-state index contributed by atoms with van der Waals surface area (Å²) >= 11 is 0. The number of nitrogens with zero attached hydrogens (tertiary/aromatic N) is 2. The number of alkyl halides is 6. The first-order chi connectivity index (χ1) is 44.0. The highest BCUT2D eigenvalue weighted by atomic mass is 19.4. The van der Waals surface area contributed by atoms with Gasteiger partial charge >= 0.3 is 54.3 Å². The van der Waals surface area contributed by atoms with Crippen molar-refractivity contribution >= 4 is 88.6 Å². The van der Waals surface area contributed by atoms with Crippen LogP contribution in [0.3, 0.4) is 0 Å². The van der Waals surface area contributed by atoms with E-state index in [1.807, 2.05) is 0 Å². The van der Waals surface area contributed by atoms with Gasteiger partial charge in [-0.15, -0.1) is 19.3 Å². The van der Waals surface area contributed by atoms with Gasteiger partial charge in [-0.25, -0.2) is 38.6 Å². The van der Waals surface area contributed by atoms with E-state index in [2.05, 4.69) is 27.2 Å². The minimum absolute atomic E-state index is 0.0637. The van der Waals surface area contributed by atoms with Crippen molar-refractivity contribution in [3.63, 3.8) is 0 Å². The number of rotatable bonds is 8. The van der Waals surface area contributed by atoms with Gasteiger partial charge < -0.3 is 30.5 Å². The molecule has 0 saturated carbocycles. The number of aliphatic carboxylic acids is 1. The van der Waals surface area contributed by atoms with E-state index < -0.39 is 99.7 Å². The molecule has 0 aromatic heterocycles.